The monoisotopic (exact) mass is 290 g/mol. The van der Waals surface area contributed by atoms with Crippen molar-refractivity contribution in [1.82, 2.24) is 14.9 Å². The highest BCUT2D eigenvalue weighted by Gasteiger charge is 2.35. The van der Waals surface area contributed by atoms with Crippen molar-refractivity contribution >= 4 is 21.9 Å². The van der Waals surface area contributed by atoms with Gasteiger partial charge < -0.3 is 10.8 Å². The zero-order valence-electron chi connectivity index (χ0n) is 10.5. The van der Waals surface area contributed by atoms with Crippen LogP contribution in [0.3, 0.4) is 0 Å². The van der Waals surface area contributed by atoms with Crippen LogP contribution in [0.5, 0.6) is 0 Å². The number of H-pyrrole nitrogens is 1. The number of hydrogen-bond acceptors (Lipinski definition) is 5. The number of primary amides is 1. The van der Waals surface area contributed by atoms with E-state index in [1.165, 1.54) is 20.8 Å². The van der Waals surface area contributed by atoms with Gasteiger partial charge in [-0.2, -0.15) is 9.82 Å². The number of nitrogens with two attached hydrogens (primary N) is 1. The van der Waals surface area contributed by atoms with Gasteiger partial charge in [0.1, 0.15) is 10.4 Å². The third kappa shape index (κ3) is 2.90. The number of aromatic amines is 1. The van der Waals surface area contributed by atoms with E-state index in [2.05, 4.69) is 10.2 Å². The molecule has 1 rings (SSSR count). The van der Waals surface area contributed by atoms with Crippen LogP contribution in [0.1, 0.15) is 30.0 Å². The number of sulfonamides is 1. The van der Waals surface area contributed by atoms with Crippen molar-refractivity contribution in [3.8, 4) is 0 Å². The minimum Gasteiger partial charge on any atom is -0.476 e. The van der Waals surface area contributed by atoms with E-state index < -0.39 is 38.0 Å². The first-order valence-electron chi connectivity index (χ1n) is 5.11. The molecule has 1 aromatic rings. The fraction of sp³-hybridized carbons (Fsp3) is 0.444. The molecule has 0 atom stereocenters. The van der Waals surface area contributed by atoms with Gasteiger partial charge in [-0.25, -0.2) is 13.2 Å². The molecule has 1 heterocycles. The number of rotatable bonds is 5. The Morgan fingerprint density at radius 2 is 1.95 bits per heavy atom. The summed E-state index contributed by atoms with van der Waals surface area (Å²) in [4.78, 5) is 21.5. The smallest absolute Gasteiger partial charge is 0.357 e. The summed E-state index contributed by atoms with van der Waals surface area (Å²) in [5.41, 5.74) is 2.90. The van der Waals surface area contributed by atoms with Gasteiger partial charge in [-0.1, -0.05) is 0 Å². The van der Waals surface area contributed by atoms with E-state index in [0.29, 0.717) is 0 Å². The summed E-state index contributed by atoms with van der Waals surface area (Å²) in [6, 6.07) is 0. The predicted octanol–water partition coefficient (Wildman–Crippen LogP) is -1.04. The van der Waals surface area contributed by atoms with Gasteiger partial charge in [0.15, 0.2) is 5.69 Å². The van der Waals surface area contributed by atoms with E-state index in [4.69, 9.17) is 10.8 Å². The third-order valence-corrected chi connectivity index (χ3v) is 4.18. The summed E-state index contributed by atoms with van der Waals surface area (Å²) >= 11 is 0. The first-order valence-corrected chi connectivity index (χ1v) is 6.59. The van der Waals surface area contributed by atoms with Gasteiger partial charge in [0.25, 0.3) is 0 Å². The molecule has 0 spiro atoms. The van der Waals surface area contributed by atoms with Gasteiger partial charge in [-0.3, -0.25) is 9.89 Å². The Kier molecular flexibility index (Phi) is 3.68. The zero-order valence-corrected chi connectivity index (χ0v) is 11.3. The number of aromatic nitrogens is 2. The molecule has 0 aliphatic carbocycles. The van der Waals surface area contributed by atoms with Gasteiger partial charge >= 0.3 is 5.97 Å². The summed E-state index contributed by atoms with van der Waals surface area (Å²) in [6.07, 6.45) is 0. The van der Waals surface area contributed by atoms with E-state index in [1.54, 1.807) is 0 Å². The number of hydrogen-bond donors (Lipinski definition) is 4. The van der Waals surface area contributed by atoms with E-state index in [9.17, 15) is 18.0 Å². The van der Waals surface area contributed by atoms with Crippen molar-refractivity contribution in [2.75, 3.05) is 0 Å². The number of aromatic carboxylic acids is 1. The standard InChI is InChI=1S/C9H14N4O5S/c1-4-6(5(7(14)15)12-11-4)19(17,18)13-9(2,3)8(10)16/h13H,1-3H3,(H2,10,16)(H,11,12)(H,14,15). The Labute approximate surface area is 109 Å². The highest BCUT2D eigenvalue weighted by atomic mass is 32.2. The fourth-order valence-corrected chi connectivity index (χ4v) is 3.04. The molecule has 0 aromatic carbocycles. The lowest BCUT2D eigenvalue weighted by molar-refractivity contribution is -0.122. The minimum atomic E-state index is -4.25. The highest BCUT2D eigenvalue weighted by Crippen LogP contribution is 2.19. The van der Waals surface area contributed by atoms with Crippen molar-refractivity contribution in [2.45, 2.75) is 31.2 Å². The summed E-state index contributed by atoms with van der Waals surface area (Å²) < 4.78 is 26.3. The Morgan fingerprint density at radius 3 is 2.37 bits per heavy atom. The second-order valence-corrected chi connectivity index (χ2v) is 6.05. The van der Waals surface area contributed by atoms with Crippen molar-refractivity contribution in [3.63, 3.8) is 0 Å². The quantitative estimate of drug-likeness (QED) is 0.542. The molecule has 0 aliphatic heterocycles. The maximum Gasteiger partial charge on any atom is 0.357 e. The second kappa shape index (κ2) is 4.63. The minimum absolute atomic E-state index is 0.0465. The van der Waals surface area contributed by atoms with Crippen LogP contribution in [0.25, 0.3) is 0 Å². The highest BCUT2D eigenvalue weighted by molar-refractivity contribution is 7.89. The average Bonchev–Trinajstić information content (AvgIpc) is 2.58. The molecule has 0 fully saturated rings. The first-order chi connectivity index (χ1) is 8.49. The molecule has 10 heteroatoms. The van der Waals surface area contributed by atoms with Crippen molar-refractivity contribution in [1.29, 1.82) is 0 Å². The molecule has 0 saturated heterocycles. The van der Waals surface area contributed by atoms with E-state index in [0.717, 1.165) is 0 Å². The van der Waals surface area contributed by atoms with Crippen molar-refractivity contribution in [3.05, 3.63) is 11.4 Å². The number of carboxylic acid groups (broad SMARTS) is 1. The van der Waals surface area contributed by atoms with Crippen LogP contribution in [-0.2, 0) is 14.8 Å². The average molecular weight is 290 g/mol. The van der Waals surface area contributed by atoms with Gasteiger partial charge in [0, 0.05) is 0 Å². The molecule has 0 unspecified atom stereocenters. The Hall–Kier alpha value is -1.94. The van der Waals surface area contributed by atoms with Crippen LogP contribution in [0.4, 0.5) is 0 Å². The Bertz CT molecular complexity index is 631. The number of amides is 1. The first kappa shape index (κ1) is 15.1. The molecular weight excluding hydrogens is 276 g/mol. The summed E-state index contributed by atoms with van der Waals surface area (Å²) in [6.45, 7) is 3.89. The Morgan fingerprint density at radius 1 is 1.42 bits per heavy atom. The van der Waals surface area contributed by atoms with Crippen LogP contribution in [0, 0.1) is 6.92 Å². The van der Waals surface area contributed by atoms with E-state index in [-0.39, 0.29) is 5.69 Å². The number of carboxylic acids is 1. The molecule has 0 bridgehead atoms. The molecule has 1 amide bonds. The van der Waals surface area contributed by atoms with Crippen molar-refractivity contribution in [2.24, 2.45) is 5.73 Å². The van der Waals surface area contributed by atoms with Crippen LogP contribution in [-0.4, -0.2) is 41.1 Å². The van der Waals surface area contributed by atoms with Gasteiger partial charge in [-0.05, 0) is 20.8 Å². The van der Waals surface area contributed by atoms with Crippen molar-refractivity contribution < 1.29 is 23.1 Å². The summed E-state index contributed by atoms with van der Waals surface area (Å²) in [5, 5.41) is 14.6. The third-order valence-electron chi connectivity index (χ3n) is 2.37. The number of nitrogens with zero attached hydrogens (tertiary/aromatic N) is 1. The van der Waals surface area contributed by atoms with Crippen LogP contribution in [0.2, 0.25) is 0 Å². The number of aryl methyl sites for hydroxylation is 1. The zero-order chi connectivity index (χ0) is 15.0. The van der Waals surface area contributed by atoms with Gasteiger partial charge in [0.05, 0.1) is 5.69 Å². The molecule has 1 aromatic heterocycles. The molecular formula is C9H14N4O5S. The van der Waals surface area contributed by atoms with Crippen LogP contribution >= 0.6 is 0 Å². The molecule has 106 valence electrons. The molecule has 0 aliphatic rings. The normalized spacial score (nSPS) is 12.4. The topological polar surface area (TPSA) is 155 Å². The number of carbonyl (C=O) groups excluding carboxylic acids is 1. The van der Waals surface area contributed by atoms with Crippen LogP contribution < -0.4 is 10.5 Å². The number of carbonyl (C=O) groups is 2. The lowest BCUT2D eigenvalue weighted by Gasteiger charge is -2.21. The molecule has 0 radical (unpaired) electrons. The van der Waals surface area contributed by atoms with Gasteiger partial charge in [-0.15, -0.1) is 0 Å². The summed E-state index contributed by atoms with van der Waals surface area (Å²) in [7, 11) is -4.25. The summed E-state index contributed by atoms with van der Waals surface area (Å²) in [5.74, 6) is -2.39. The molecule has 5 N–H and O–H groups in total. The SMILES string of the molecule is Cc1[nH]nc(C(=O)O)c1S(=O)(=O)NC(C)(C)C(N)=O. The Balaban J connectivity index is 3.33. The molecule has 0 saturated carbocycles. The maximum absolute atomic E-state index is 12.1. The van der Waals surface area contributed by atoms with E-state index >= 15 is 0 Å². The fourth-order valence-electron chi connectivity index (χ4n) is 1.33. The largest absolute Gasteiger partial charge is 0.476 e. The molecule has 9 nitrogen and oxygen atoms in total. The lowest BCUT2D eigenvalue weighted by atomic mass is 10.1. The van der Waals surface area contributed by atoms with Gasteiger partial charge in [0.2, 0.25) is 15.9 Å². The maximum atomic E-state index is 12.1. The second-order valence-electron chi connectivity index (χ2n) is 4.43. The molecule has 19 heavy (non-hydrogen) atoms. The van der Waals surface area contributed by atoms with E-state index in [1.807, 2.05) is 4.72 Å². The number of nitrogens with one attached hydrogen (secondary N) is 2. The predicted molar refractivity (Wildman–Crippen MR) is 63.9 cm³/mol. The lowest BCUT2D eigenvalue weighted by Crippen LogP contribution is -2.53. The van der Waals surface area contributed by atoms with Crippen LogP contribution in [0.15, 0.2) is 4.90 Å².